The van der Waals surface area contributed by atoms with Gasteiger partial charge in [0.1, 0.15) is 6.42 Å². The Morgan fingerprint density at radius 1 is 1.36 bits per heavy atom. The van der Waals surface area contributed by atoms with Crippen LogP contribution in [0.3, 0.4) is 0 Å². The summed E-state index contributed by atoms with van der Waals surface area (Å²) in [6, 6.07) is 2.29. The van der Waals surface area contributed by atoms with E-state index >= 15 is 0 Å². The quantitative estimate of drug-likeness (QED) is 0.901. The first-order valence-electron chi connectivity index (χ1n) is 6.58. The molecule has 2 heterocycles. The highest BCUT2D eigenvalue weighted by atomic mass is 32.2. The third-order valence-electron chi connectivity index (χ3n) is 3.28. The Kier molecular flexibility index (Phi) is 4.81. The summed E-state index contributed by atoms with van der Waals surface area (Å²) < 4.78 is 67.6. The fraction of sp³-hybridized carbons (Fsp3) is 0.583. The fourth-order valence-corrected chi connectivity index (χ4v) is 3.45. The molecule has 0 aromatic carbocycles. The molecule has 1 aromatic heterocycles. The molecule has 1 aliphatic heterocycles. The first kappa shape index (κ1) is 16.8. The second-order valence-electron chi connectivity index (χ2n) is 5.00. The summed E-state index contributed by atoms with van der Waals surface area (Å²) in [5, 5.41) is -0.219. The lowest BCUT2D eigenvalue weighted by Gasteiger charge is -2.32. The molecule has 1 N–H and O–H groups in total. The van der Waals surface area contributed by atoms with E-state index in [1.54, 1.807) is 0 Å². The second kappa shape index (κ2) is 6.29. The largest absolute Gasteiger partial charge is 0.452 e. The van der Waals surface area contributed by atoms with Crippen LogP contribution < -0.4 is 4.72 Å². The maximum Gasteiger partial charge on any atom is 0.397 e. The monoisotopic (exact) mass is 340 g/mol. The van der Waals surface area contributed by atoms with E-state index in [4.69, 9.17) is 4.42 Å². The van der Waals surface area contributed by atoms with Crippen molar-refractivity contribution in [2.75, 3.05) is 13.1 Å². The van der Waals surface area contributed by atoms with Crippen LogP contribution in [0.5, 0.6) is 0 Å². The van der Waals surface area contributed by atoms with Crippen molar-refractivity contribution in [3.8, 4) is 0 Å². The van der Waals surface area contributed by atoms with Gasteiger partial charge in [0.2, 0.25) is 11.0 Å². The smallest absolute Gasteiger partial charge is 0.397 e. The number of carbonyl (C=O) groups is 1. The fourth-order valence-electron chi connectivity index (χ4n) is 2.22. The van der Waals surface area contributed by atoms with Crippen LogP contribution in [0.15, 0.2) is 27.9 Å². The van der Waals surface area contributed by atoms with E-state index in [0.29, 0.717) is 0 Å². The zero-order chi connectivity index (χ0) is 16.4. The number of nitrogens with one attached hydrogen (secondary N) is 1. The van der Waals surface area contributed by atoms with Gasteiger partial charge in [-0.3, -0.25) is 4.79 Å². The summed E-state index contributed by atoms with van der Waals surface area (Å²) in [7, 11) is -3.78. The van der Waals surface area contributed by atoms with E-state index in [1.165, 1.54) is 18.4 Å². The Labute approximate surface area is 125 Å². The van der Waals surface area contributed by atoms with Crippen molar-refractivity contribution in [2.45, 2.75) is 36.6 Å². The molecule has 0 spiro atoms. The Morgan fingerprint density at radius 2 is 2.00 bits per heavy atom. The molecule has 10 heteroatoms. The van der Waals surface area contributed by atoms with Crippen molar-refractivity contribution in [3.63, 3.8) is 0 Å². The normalized spacial score (nSPS) is 17.7. The molecule has 2 rings (SSSR count). The molecule has 0 radical (unpaired) electrons. The van der Waals surface area contributed by atoms with Crippen LogP contribution in [0.1, 0.15) is 19.3 Å². The van der Waals surface area contributed by atoms with Crippen molar-refractivity contribution >= 4 is 15.9 Å². The summed E-state index contributed by atoms with van der Waals surface area (Å²) in [4.78, 5) is 12.5. The zero-order valence-electron chi connectivity index (χ0n) is 11.5. The van der Waals surface area contributed by atoms with Crippen molar-refractivity contribution in [2.24, 2.45) is 0 Å². The van der Waals surface area contributed by atoms with Crippen LogP contribution in [0, 0.1) is 0 Å². The number of sulfonamides is 1. The van der Waals surface area contributed by atoms with Crippen LogP contribution in [0.25, 0.3) is 0 Å². The van der Waals surface area contributed by atoms with E-state index in [0.717, 1.165) is 4.90 Å². The Balaban J connectivity index is 1.86. The third-order valence-corrected chi connectivity index (χ3v) is 4.69. The first-order valence-corrected chi connectivity index (χ1v) is 8.06. The minimum atomic E-state index is -4.53. The molecule has 1 amide bonds. The highest BCUT2D eigenvalue weighted by Gasteiger charge is 2.35. The number of piperidine rings is 1. The topological polar surface area (TPSA) is 79.6 Å². The molecule has 0 bridgehead atoms. The molecular weight excluding hydrogens is 325 g/mol. The number of furan rings is 1. The van der Waals surface area contributed by atoms with E-state index in [-0.39, 0.29) is 31.0 Å². The van der Waals surface area contributed by atoms with Crippen molar-refractivity contribution < 1.29 is 30.8 Å². The zero-order valence-corrected chi connectivity index (χ0v) is 12.3. The maximum atomic E-state index is 12.2. The van der Waals surface area contributed by atoms with Gasteiger partial charge in [0, 0.05) is 19.1 Å². The predicted octanol–water partition coefficient (Wildman–Crippen LogP) is 1.50. The number of alkyl halides is 3. The number of halogens is 3. The van der Waals surface area contributed by atoms with E-state index in [2.05, 4.69) is 4.72 Å². The Bertz CT molecular complexity index is 605. The SMILES string of the molecule is O=C(CC(F)(F)F)N1CCC(NS(=O)(=O)c2ccco2)CC1. The van der Waals surface area contributed by atoms with Gasteiger partial charge in [0.25, 0.3) is 10.0 Å². The van der Waals surface area contributed by atoms with Gasteiger partial charge in [-0.2, -0.15) is 13.2 Å². The third kappa shape index (κ3) is 4.47. The number of hydrogen-bond acceptors (Lipinski definition) is 4. The van der Waals surface area contributed by atoms with Gasteiger partial charge in [-0.1, -0.05) is 0 Å². The predicted molar refractivity (Wildman–Crippen MR) is 69.3 cm³/mol. The lowest BCUT2D eigenvalue weighted by atomic mass is 10.1. The summed E-state index contributed by atoms with van der Waals surface area (Å²) in [6.07, 6.45) is -4.29. The molecule has 22 heavy (non-hydrogen) atoms. The molecule has 1 aliphatic rings. The van der Waals surface area contributed by atoms with E-state index in [1.807, 2.05) is 0 Å². The van der Waals surface area contributed by atoms with Gasteiger partial charge < -0.3 is 9.32 Å². The van der Waals surface area contributed by atoms with Crippen molar-refractivity contribution in [1.82, 2.24) is 9.62 Å². The molecule has 1 fully saturated rings. The average Bonchev–Trinajstić information content (AvgIpc) is 2.91. The summed E-state index contributed by atoms with van der Waals surface area (Å²) in [6.45, 7) is 0.167. The van der Waals surface area contributed by atoms with E-state index in [9.17, 15) is 26.4 Å². The molecule has 124 valence electrons. The van der Waals surface area contributed by atoms with E-state index < -0.39 is 34.6 Å². The van der Waals surface area contributed by atoms with Crippen molar-refractivity contribution in [3.05, 3.63) is 18.4 Å². The molecule has 1 saturated heterocycles. The molecule has 0 atom stereocenters. The molecule has 0 unspecified atom stereocenters. The van der Waals surface area contributed by atoms with Gasteiger partial charge in [-0.05, 0) is 25.0 Å². The summed E-state index contributed by atoms with van der Waals surface area (Å²) in [5.74, 6) is -0.986. The molecule has 0 saturated carbocycles. The lowest BCUT2D eigenvalue weighted by Crippen LogP contribution is -2.47. The molecule has 1 aromatic rings. The lowest BCUT2D eigenvalue weighted by molar-refractivity contribution is -0.162. The number of likely N-dealkylation sites (tertiary alicyclic amines) is 1. The van der Waals surface area contributed by atoms with Gasteiger partial charge in [-0.15, -0.1) is 0 Å². The minimum Gasteiger partial charge on any atom is -0.452 e. The van der Waals surface area contributed by atoms with Crippen molar-refractivity contribution in [1.29, 1.82) is 0 Å². The van der Waals surface area contributed by atoms with Gasteiger partial charge in [0.15, 0.2) is 0 Å². The Hall–Kier alpha value is -1.55. The van der Waals surface area contributed by atoms with Gasteiger partial charge >= 0.3 is 6.18 Å². The standard InChI is InChI=1S/C12H15F3N2O4S/c13-12(14,15)8-10(18)17-5-3-9(4-6-17)16-22(19,20)11-2-1-7-21-11/h1-2,7,9,16H,3-6,8H2. The van der Waals surface area contributed by atoms with Crippen LogP contribution >= 0.6 is 0 Å². The number of nitrogens with zero attached hydrogens (tertiary/aromatic N) is 1. The van der Waals surface area contributed by atoms with Gasteiger partial charge in [0.05, 0.1) is 6.26 Å². The number of amides is 1. The molecule has 6 nitrogen and oxygen atoms in total. The van der Waals surface area contributed by atoms with Crippen LogP contribution in [-0.4, -0.2) is 44.5 Å². The van der Waals surface area contributed by atoms with Crippen LogP contribution in [-0.2, 0) is 14.8 Å². The van der Waals surface area contributed by atoms with Gasteiger partial charge in [-0.25, -0.2) is 13.1 Å². The Morgan fingerprint density at radius 3 is 2.50 bits per heavy atom. The number of hydrogen-bond donors (Lipinski definition) is 1. The van der Waals surface area contributed by atoms with Crippen LogP contribution in [0.2, 0.25) is 0 Å². The highest BCUT2D eigenvalue weighted by molar-refractivity contribution is 7.89. The maximum absolute atomic E-state index is 12.2. The first-order chi connectivity index (χ1) is 10.2. The molecular formula is C12H15F3N2O4S. The summed E-state index contributed by atoms with van der Waals surface area (Å²) >= 11 is 0. The molecule has 0 aliphatic carbocycles. The number of rotatable bonds is 4. The number of carbonyl (C=O) groups excluding carboxylic acids is 1. The van der Waals surface area contributed by atoms with Crippen LogP contribution in [0.4, 0.5) is 13.2 Å². The summed E-state index contributed by atoms with van der Waals surface area (Å²) in [5.41, 5.74) is 0. The highest BCUT2D eigenvalue weighted by Crippen LogP contribution is 2.22. The second-order valence-corrected chi connectivity index (χ2v) is 6.65. The minimum absolute atomic E-state index is 0.0836. The average molecular weight is 340 g/mol.